The molecule has 1 N–H and O–H groups in total. The van der Waals surface area contributed by atoms with Gasteiger partial charge in [0.15, 0.2) is 0 Å². The average Bonchev–Trinajstić information content (AvgIpc) is 2.60. The fourth-order valence-electron chi connectivity index (χ4n) is 2.28. The van der Waals surface area contributed by atoms with E-state index in [1.165, 1.54) is 38.1 Å². The lowest BCUT2D eigenvalue weighted by atomic mass is 9.87. The fraction of sp³-hybridized carbons (Fsp3) is 0.316. The van der Waals surface area contributed by atoms with Gasteiger partial charge in [0.2, 0.25) is 0 Å². The molecular weight excluding hydrogens is 352 g/mol. The van der Waals surface area contributed by atoms with Gasteiger partial charge in [-0.3, -0.25) is 0 Å². The van der Waals surface area contributed by atoms with Crippen LogP contribution in [0, 0.1) is 0 Å². The third-order valence-corrected chi connectivity index (χ3v) is 5.07. The van der Waals surface area contributed by atoms with Crippen molar-refractivity contribution in [2.24, 2.45) is 5.10 Å². The Bertz CT molecular complexity index is 883. The highest BCUT2D eigenvalue weighted by Gasteiger charge is 2.20. The Kier molecular flexibility index (Phi) is 5.92. The molecule has 0 heterocycles. The van der Waals surface area contributed by atoms with E-state index in [9.17, 15) is 8.42 Å². The molecule has 0 atom stereocenters. The lowest BCUT2D eigenvalue weighted by Gasteiger charge is -2.18. The van der Waals surface area contributed by atoms with E-state index in [1.807, 2.05) is 24.3 Å². The Morgan fingerprint density at radius 1 is 1.00 bits per heavy atom. The third kappa shape index (κ3) is 4.76. The summed E-state index contributed by atoms with van der Waals surface area (Å²) in [7, 11) is -1.02. The molecule has 0 aliphatic heterocycles. The van der Waals surface area contributed by atoms with Crippen LogP contribution in [0.2, 0.25) is 0 Å². The number of hydrogen-bond donors (Lipinski definition) is 1. The van der Waals surface area contributed by atoms with E-state index >= 15 is 0 Å². The van der Waals surface area contributed by atoms with Crippen LogP contribution in [0.15, 0.2) is 52.5 Å². The van der Waals surface area contributed by atoms with Crippen LogP contribution >= 0.6 is 0 Å². The summed E-state index contributed by atoms with van der Waals surface area (Å²) in [5, 5.41) is 3.85. The van der Waals surface area contributed by atoms with Crippen molar-refractivity contribution in [2.75, 3.05) is 14.2 Å². The predicted octanol–water partition coefficient (Wildman–Crippen LogP) is 3.31. The Morgan fingerprint density at radius 2 is 1.65 bits per heavy atom. The number of nitrogens with zero attached hydrogens (tertiary/aromatic N) is 1. The minimum Gasteiger partial charge on any atom is -0.497 e. The fourth-order valence-corrected chi connectivity index (χ4v) is 3.26. The maximum atomic E-state index is 12.5. The highest BCUT2D eigenvalue weighted by Crippen LogP contribution is 2.28. The zero-order valence-electron chi connectivity index (χ0n) is 15.6. The van der Waals surface area contributed by atoms with Crippen LogP contribution in [-0.2, 0) is 15.4 Å². The summed E-state index contributed by atoms with van der Waals surface area (Å²) in [4.78, 5) is 2.16. The largest absolute Gasteiger partial charge is 0.497 e. The van der Waals surface area contributed by atoms with E-state index in [2.05, 4.69) is 30.7 Å². The number of methoxy groups -OCH3 is 2. The predicted molar refractivity (Wildman–Crippen MR) is 103 cm³/mol. The second kappa shape index (κ2) is 7.78. The molecule has 7 heteroatoms. The molecule has 0 unspecified atom stereocenters. The van der Waals surface area contributed by atoms with Crippen LogP contribution in [0.3, 0.4) is 0 Å². The van der Waals surface area contributed by atoms with Gasteiger partial charge >= 0.3 is 0 Å². The lowest BCUT2D eigenvalue weighted by Crippen LogP contribution is -2.19. The zero-order valence-corrected chi connectivity index (χ0v) is 16.4. The van der Waals surface area contributed by atoms with Crippen molar-refractivity contribution in [2.45, 2.75) is 31.1 Å². The monoisotopic (exact) mass is 376 g/mol. The number of hydrazone groups is 1. The number of sulfonamides is 1. The minimum atomic E-state index is -3.89. The molecule has 2 rings (SSSR count). The van der Waals surface area contributed by atoms with E-state index < -0.39 is 10.0 Å². The smallest absolute Gasteiger partial charge is 0.280 e. The number of rotatable bonds is 6. The van der Waals surface area contributed by atoms with Crippen molar-refractivity contribution in [3.8, 4) is 11.5 Å². The first-order chi connectivity index (χ1) is 12.2. The number of ether oxygens (including phenoxy) is 2. The van der Waals surface area contributed by atoms with Gasteiger partial charge in [-0.1, -0.05) is 45.0 Å². The maximum absolute atomic E-state index is 12.5. The average molecular weight is 376 g/mol. The molecule has 0 aromatic heterocycles. The van der Waals surface area contributed by atoms with Crippen LogP contribution < -0.4 is 14.3 Å². The second-order valence-electron chi connectivity index (χ2n) is 6.74. The highest BCUT2D eigenvalue weighted by molar-refractivity contribution is 7.89. The molecule has 140 valence electrons. The lowest BCUT2D eigenvalue weighted by molar-refractivity contribution is 0.392. The number of hydrogen-bond acceptors (Lipinski definition) is 5. The maximum Gasteiger partial charge on any atom is 0.280 e. The molecule has 0 aliphatic rings. The quantitative estimate of drug-likeness (QED) is 0.620. The second-order valence-corrected chi connectivity index (χ2v) is 8.37. The van der Waals surface area contributed by atoms with Gasteiger partial charge < -0.3 is 9.47 Å². The summed E-state index contributed by atoms with van der Waals surface area (Å²) in [6, 6.07) is 12.3. The molecule has 0 radical (unpaired) electrons. The molecule has 26 heavy (non-hydrogen) atoms. The molecular formula is C19H24N2O4S. The molecule has 0 fully saturated rings. The summed E-state index contributed by atoms with van der Waals surface area (Å²) in [5.41, 5.74) is 2.04. The Hall–Kier alpha value is -2.54. The first kappa shape index (κ1) is 19.8. The molecule has 0 aliphatic carbocycles. The van der Waals surface area contributed by atoms with Crippen LogP contribution in [0.1, 0.15) is 31.9 Å². The van der Waals surface area contributed by atoms with E-state index in [-0.39, 0.29) is 16.1 Å². The molecule has 0 spiro atoms. The van der Waals surface area contributed by atoms with E-state index in [4.69, 9.17) is 9.47 Å². The van der Waals surface area contributed by atoms with Crippen molar-refractivity contribution in [3.63, 3.8) is 0 Å². The van der Waals surface area contributed by atoms with Crippen LogP contribution in [0.25, 0.3) is 0 Å². The molecule has 0 amide bonds. The topological polar surface area (TPSA) is 77.0 Å². The first-order valence-electron chi connectivity index (χ1n) is 8.05. The standard InChI is InChI=1S/C19H24N2O4S/c1-19(2,3)15-8-6-14(7-9-15)13-20-21-26(22,23)18-12-16(24-4)10-11-17(18)25-5/h6-13,21H,1-5H3/b20-13+. The first-order valence-corrected chi connectivity index (χ1v) is 9.53. The van der Waals surface area contributed by atoms with Gasteiger partial charge in [0.05, 0.1) is 20.4 Å². The van der Waals surface area contributed by atoms with Crippen LogP contribution in [-0.4, -0.2) is 28.9 Å². The Labute approximate surface area is 154 Å². The summed E-state index contributed by atoms with van der Waals surface area (Å²) in [5.74, 6) is 0.621. The van der Waals surface area contributed by atoms with Gasteiger partial charge in [-0.2, -0.15) is 18.4 Å². The molecule has 0 saturated carbocycles. The van der Waals surface area contributed by atoms with Gasteiger partial charge in [0.25, 0.3) is 10.0 Å². The minimum absolute atomic E-state index is 0.0421. The van der Waals surface area contributed by atoms with Crippen molar-refractivity contribution in [1.29, 1.82) is 0 Å². The van der Waals surface area contributed by atoms with Gasteiger partial charge in [-0.05, 0) is 28.7 Å². The number of benzene rings is 2. The van der Waals surface area contributed by atoms with Crippen LogP contribution in [0.4, 0.5) is 0 Å². The summed E-state index contributed by atoms with van der Waals surface area (Å²) >= 11 is 0. The zero-order chi connectivity index (χ0) is 19.4. The van der Waals surface area contributed by atoms with Crippen molar-refractivity contribution >= 4 is 16.2 Å². The SMILES string of the molecule is COc1ccc(OC)c(S(=O)(=O)N/N=C/c2ccc(C(C)(C)C)cc2)c1. The molecule has 0 saturated heterocycles. The van der Waals surface area contributed by atoms with E-state index in [0.717, 1.165) is 5.56 Å². The summed E-state index contributed by atoms with van der Waals surface area (Å²) in [6.45, 7) is 6.39. The van der Waals surface area contributed by atoms with E-state index in [0.29, 0.717) is 5.75 Å². The Balaban J connectivity index is 2.19. The normalized spacial score (nSPS) is 12.2. The summed E-state index contributed by atoms with van der Waals surface area (Å²) in [6.07, 6.45) is 1.45. The molecule has 6 nitrogen and oxygen atoms in total. The van der Waals surface area contributed by atoms with Gasteiger partial charge in [0, 0.05) is 6.07 Å². The number of nitrogens with one attached hydrogen (secondary N) is 1. The summed E-state index contributed by atoms with van der Waals surface area (Å²) < 4.78 is 35.2. The van der Waals surface area contributed by atoms with E-state index in [1.54, 1.807) is 6.07 Å². The van der Waals surface area contributed by atoms with Gasteiger partial charge in [-0.15, -0.1) is 0 Å². The molecule has 2 aromatic rings. The Morgan fingerprint density at radius 3 is 2.19 bits per heavy atom. The molecule has 0 bridgehead atoms. The van der Waals surface area contributed by atoms with Crippen LogP contribution in [0.5, 0.6) is 11.5 Å². The van der Waals surface area contributed by atoms with Gasteiger partial charge in [-0.25, -0.2) is 0 Å². The third-order valence-electron chi connectivity index (χ3n) is 3.82. The van der Waals surface area contributed by atoms with Crippen molar-refractivity contribution in [1.82, 2.24) is 4.83 Å². The van der Waals surface area contributed by atoms with Crippen molar-refractivity contribution in [3.05, 3.63) is 53.6 Å². The van der Waals surface area contributed by atoms with Gasteiger partial charge in [0.1, 0.15) is 16.4 Å². The molecule has 2 aromatic carbocycles. The highest BCUT2D eigenvalue weighted by atomic mass is 32.2. The van der Waals surface area contributed by atoms with Crippen molar-refractivity contribution < 1.29 is 17.9 Å².